The van der Waals surface area contributed by atoms with Crippen molar-refractivity contribution >= 4 is 17.3 Å². The van der Waals surface area contributed by atoms with Gasteiger partial charge in [-0.15, -0.1) is 0 Å². The van der Waals surface area contributed by atoms with Crippen molar-refractivity contribution in [1.82, 2.24) is 0 Å². The third-order valence-electron chi connectivity index (χ3n) is 5.09. The van der Waals surface area contributed by atoms with E-state index in [1.54, 1.807) is 0 Å². The Kier molecular flexibility index (Phi) is 4.68. The molecule has 0 bridgehead atoms. The Labute approximate surface area is 166 Å². The van der Waals surface area contributed by atoms with Crippen molar-refractivity contribution in [3.63, 3.8) is 0 Å². The van der Waals surface area contributed by atoms with Crippen molar-refractivity contribution < 1.29 is 9.53 Å². The molecule has 3 heteroatoms. The zero-order chi connectivity index (χ0) is 19.7. The number of hydrogen-bond acceptors (Lipinski definition) is 2. The first-order valence-electron chi connectivity index (χ1n) is 9.65. The smallest absolute Gasteiger partial charge is 0.236 e. The second kappa shape index (κ2) is 7.16. The van der Waals surface area contributed by atoms with Gasteiger partial charge in [0.1, 0.15) is 12.4 Å². The number of benzene rings is 3. The van der Waals surface area contributed by atoms with E-state index in [4.69, 9.17) is 4.74 Å². The summed E-state index contributed by atoms with van der Waals surface area (Å²) in [6.07, 6.45) is 0.450. The van der Waals surface area contributed by atoms with Gasteiger partial charge < -0.3 is 4.74 Å². The largest absolute Gasteiger partial charge is 0.489 e. The molecular weight excluding hydrogens is 346 g/mol. The van der Waals surface area contributed by atoms with E-state index >= 15 is 0 Å². The topological polar surface area (TPSA) is 29.5 Å². The van der Waals surface area contributed by atoms with Crippen LogP contribution in [0.3, 0.4) is 0 Å². The highest BCUT2D eigenvalue weighted by molar-refractivity contribution is 6.08. The molecule has 142 valence electrons. The maximum absolute atomic E-state index is 12.8. The van der Waals surface area contributed by atoms with Gasteiger partial charge in [0, 0.05) is 0 Å². The van der Waals surface area contributed by atoms with E-state index in [2.05, 4.69) is 39.0 Å². The lowest BCUT2D eigenvalue weighted by atomic mass is 9.85. The van der Waals surface area contributed by atoms with E-state index in [-0.39, 0.29) is 11.3 Å². The number of rotatable bonds is 4. The summed E-state index contributed by atoms with van der Waals surface area (Å²) in [7, 11) is 0. The molecule has 0 aliphatic carbocycles. The van der Waals surface area contributed by atoms with E-state index in [1.165, 1.54) is 0 Å². The van der Waals surface area contributed by atoms with E-state index in [9.17, 15) is 4.79 Å². The number of anilines is 2. The van der Waals surface area contributed by atoms with Gasteiger partial charge in [-0.3, -0.25) is 9.69 Å². The van der Waals surface area contributed by atoms with E-state index in [0.29, 0.717) is 13.0 Å². The summed E-state index contributed by atoms with van der Waals surface area (Å²) in [5.41, 5.74) is 5.11. The second-order valence-electron chi connectivity index (χ2n) is 8.24. The van der Waals surface area contributed by atoms with Crippen LogP contribution in [0, 0.1) is 0 Å². The summed E-state index contributed by atoms with van der Waals surface area (Å²) >= 11 is 0. The van der Waals surface area contributed by atoms with Crippen LogP contribution in [0.2, 0.25) is 0 Å². The lowest BCUT2D eigenvalue weighted by Crippen LogP contribution is -2.25. The van der Waals surface area contributed by atoms with Gasteiger partial charge in [-0.2, -0.15) is 0 Å². The molecule has 1 heterocycles. The Morgan fingerprint density at radius 2 is 1.61 bits per heavy atom. The predicted octanol–water partition coefficient (Wildman–Crippen LogP) is 5.78. The third-order valence-corrected chi connectivity index (χ3v) is 5.09. The highest BCUT2D eigenvalue weighted by Crippen LogP contribution is 2.42. The average Bonchev–Trinajstić information content (AvgIpc) is 3.02. The minimum atomic E-state index is -0.126. The molecule has 3 nitrogen and oxygen atoms in total. The van der Waals surface area contributed by atoms with Crippen molar-refractivity contribution in [1.29, 1.82) is 0 Å². The van der Waals surface area contributed by atoms with Gasteiger partial charge in [0.2, 0.25) is 5.91 Å². The minimum Gasteiger partial charge on any atom is -0.489 e. The first kappa shape index (κ1) is 18.3. The van der Waals surface area contributed by atoms with Crippen LogP contribution in [0.1, 0.15) is 37.5 Å². The number of hydrogen-bond donors (Lipinski definition) is 0. The van der Waals surface area contributed by atoms with E-state index in [0.717, 1.165) is 33.8 Å². The zero-order valence-electron chi connectivity index (χ0n) is 16.6. The molecule has 3 aromatic carbocycles. The van der Waals surface area contributed by atoms with Crippen LogP contribution in [0.4, 0.5) is 11.4 Å². The van der Waals surface area contributed by atoms with Crippen LogP contribution in [-0.4, -0.2) is 5.91 Å². The van der Waals surface area contributed by atoms with Gasteiger partial charge in [0.15, 0.2) is 0 Å². The van der Waals surface area contributed by atoms with Crippen molar-refractivity contribution in [3.8, 4) is 5.75 Å². The molecule has 0 spiro atoms. The van der Waals surface area contributed by atoms with Gasteiger partial charge in [0.25, 0.3) is 0 Å². The molecule has 0 radical (unpaired) electrons. The van der Waals surface area contributed by atoms with Gasteiger partial charge >= 0.3 is 0 Å². The van der Waals surface area contributed by atoms with Crippen LogP contribution < -0.4 is 9.64 Å². The van der Waals surface area contributed by atoms with E-state index < -0.39 is 0 Å². The van der Waals surface area contributed by atoms with Crippen LogP contribution in [0.5, 0.6) is 5.75 Å². The van der Waals surface area contributed by atoms with Gasteiger partial charge in [0.05, 0.1) is 17.8 Å². The molecular formula is C25H25NO2. The second-order valence-corrected chi connectivity index (χ2v) is 8.24. The quantitative estimate of drug-likeness (QED) is 0.581. The first-order valence-corrected chi connectivity index (χ1v) is 9.65. The standard InChI is InChI=1S/C25H25NO2/c1-25(2,3)21-16-20(28-17-18-9-5-4-6-10-18)13-14-23(21)26-22-12-8-7-11-19(22)15-24(26)27/h4-14,16H,15,17H2,1-3H3. The zero-order valence-corrected chi connectivity index (χ0v) is 16.6. The van der Waals surface area contributed by atoms with E-state index in [1.807, 2.05) is 59.5 Å². The third kappa shape index (κ3) is 3.53. The Morgan fingerprint density at radius 1 is 0.893 bits per heavy atom. The fourth-order valence-electron chi connectivity index (χ4n) is 3.66. The lowest BCUT2D eigenvalue weighted by molar-refractivity contribution is -0.116. The van der Waals surface area contributed by atoms with Crippen LogP contribution in [0.25, 0.3) is 0 Å². The summed E-state index contributed by atoms with van der Waals surface area (Å²) in [5, 5.41) is 0. The highest BCUT2D eigenvalue weighted by Gasteiger charge is 2.32. The number of nitrogens with zero attached hydrogens (tertiary/aromatic N) is 1. The molecule has 0 unspecified atom stereocenters. The normalized spacial score (nSPS) is 13.5. The average molecular weight is 371 g/mol. The lowest BCUT2D eigenvalue weighted by Gasteiger charge is -2.28. The summed E-state index contributed by atoms with van der Waals surface area (Å²) in [6.45, 7) is 7.02. The van der Waals surface area contributed by atoms with Crippen LogP contribution >= 0.6 is 0 Å². The maximum atomic E-state index is 12.8. The number of para-hydroxylation sites is 1. The molecule has 0 aromatic heterocycles. The Morgan fingerprint density at radius 3 is 2.36 bits per heavy atom. The number of carbonyl (C=O) groups is 1. The van der Waals surface area contributed by atoms with Gasteiger partial charge in [-0.25, -0.2) is 0 Å². The molecule has 4 rings (SSSR count). The molecule has 0 saturated carbocycles. The SMILES string of the molecule is CC(C)(C)c1cc(OCc2ccccc2)ccc1N1C(=O)Cc2ccccc21. The summed E-state index contributed by atoms with van der Waals surface area (Å²) in [4.78, 5) is 14.7. The van der Waals surface area contributed by atoms with Crippen LogP contribution in [-0.2, 0) is 23.2 Å². The summed E-state index contributed by atoms with van der Waals surface area (Å²) in [5.74, 6) is 0.933. The summed E-state index contributed by atoms with van der Waals surface area (Å²) < 4.78 is 6.04. The van der Waals surface area contributed by atoms with Gasteiger partial charge in [-0.05, 0) is 46.4 Å². The molecule has 1 aliphatic heterocycles. The molecule has 3 aromatic rings. The molecule has 28 heavy (non-hydrogen) atoms. The predicted molar refractivity (Wildman–Crippen MR) is 113 cm³/mol. The number of fused-ring (bicyclic) bond motifs is 1. The Hall–Kier alpha value is -3.07. The molecule has 0 N–H and O–H groups in total. The highest BCUT2D eigenvalue weighted by atomic mass is 16.5. The molecule has 0 saturated heterocycles. The molecule has 0 atom stereocenters. The molecule has 0 fully saturated rings. The fourth-order valence-corrected chi connectivity index (χ4v) is 3.66. The summed E-state index contributed by atoms with van der Waals surface area (Å²) in [6, 6.07) is 24.2. The molecule has 1 amide bonds. The van der Waals surface area contributed by atoms with Crippen LogP contribution in [0.15, 0.2) is 72.8 Å². The number of amides is 1. The first-order chi connectivity index (χ1) is 13.4. The fraction of sp³-hybridized carbons (Fsp3) is 0.240. The number of ether oxygens (including phenoxy) is 1. The minimum absolute atomic E-state index is 0.115. The molecule has 1 aliphatic rings. The van der Waals surface area contributed by atoms with Gasteiger partial charge in [-0.1, -0.05) is 69.3 Å². The van der Waals surface area contributed by atoms with Crippen molar-refractivity contribution in [2.45, 2.75) is 39.2 Å². The van der Waals surface area contributed by atoms with Crippen molar-refractivity contribution in [2.24, 2.45) is 0 Å². The Bertz CT molecular complexity index is 1000. The maximum Gasteiger partial charge on any atom is 0.236 e. The Balaban J connectivity index is 1.69. The monoisotopic (exact) mass is 371 g/mol. The van der Waals surface area contributed by atoms with Crippen molar-refractivity contribution in [2.75, 3.05) is 4.90 Å². The van der Waals surface area contributed by atoms with Crippen molar-refractivity contribution in [3.05, 3.63) is 89.5 Å². The number of carbonyl (C=O) groups excluding carboxylic acids is 1.